The number of piperazine rings is 1. The van der Waals surface area contributed by atoms with Gasteiger partial charge in [-0.1, -0.05) is 0 Å². The average Bonchev–Trinajstić information content (AvgIpc) is 3.15. The number of nitrogens with one attached hydrogen (secondary N) is 1. The van der Waals surface area contributed by atoms with Gasteiger partial charge in [0.15, 0.2) is 0 Å². The molecule has 108 valence electrons. The fraction of sp³-hybridized carbons (Fsp3) is 0.933. The molecule has 2 unspecified atom stereocenters. The van der Waals surface area contributed by atoms with Gasteiger partial charge in [0.25, 0.3) is 0 Å². The van der Waals surface area contributed by atoms with Gasteiger partial charge in [0, 0.05) is 38.3 Å². The molecule has 2 fully saturated rings. The maximum atomic E-state index is 9.76. The molecule has 1 aliphatic heterocycles. The Morgan fingerprint density at radius 2 is 2.05 bits per heavy atom. The van der Waals surface area contributed by atoms with Gasteiger partial charge in [-0.3, -0.25) is 10.2 Å². The summed E-state index contributed by atoms with van der Waals surface area (Å²) < 4.78 is 0. The van der Waals surface area contributed by atoms with Gasteiger partial charge in [0.1, 0.15) is 5.54 Å². The van der Waals surface area contributed by atoms with Crippen LogP contribution in [0, 0.1) is 17.2 Å². The topological polar surface area (TPSA) is 42.3 Å². The van der Waals surface area contributed by atoms with E-state index in [1.807, 2.05) is 0 Å². The number of rotatable bonds is 5. The van der Waals surface area contributed by atoms with Crippen LogP contribution in [0.2, 0.25) is 0 Å². The monoisotopic (exact) mass is 264 g/mol. The Morgan fingerprint density at radius 1 is 1.37 bits per heavy atom. The van der Waals surface area contributed by atoms with Gasteiger partial charge in [-0.05, 0) is 46.6 Å². The molecule has 2 atom stereocenters. The highest BCUT2D eigenvalue weighted by molar-refractivity contribution is 5.17. The second-order valence-electron chi connectivity index (χ2n) is 6.74. The smallest absolute Gasteiger partial charge is 0.122 e. The van der Waals surface area contributed by atoms with Crippen molar-refractivity contribution in [3.63, 3.8) is 0 Å². The molecular weight excluding hydrogens is 236 g/mol. The molecule has 0 spiro atoms. The maximum Gasteiger partial charge on any atom is 0.122 e. The van der Waals surface area contributed by atoms with Crippen molar-refractivity contribution in [3.05, 3.63) is 0 Å². The highest BCUT2D eigenvalue weighted by Gasteiger charge is 2.47. The van der Waals surface area contributed by atoms with Gasteiger partial charge in [0.05, 0.1) is 6.07 Å². The summed E-state index contributed by atoms with van der Waals surface area (Å²) in [5, 5.41) is 13.3. The zero-order valence-electron chi connectivity index (χ0n) is 12.8. The number of nitrogens with zero attached hydrogens (tertiary/aromatic N) is 3. The Balaban J connectivity index is 2.05. The molecule has 0 aromatic rings. The fourth-order valence-corrected chi connectivity index (χ4v) is 3.28. The van der Waals surface area contributed by atoms with E-state index in [-0.39, 0.29) is 5.54 Å². The molecule has 0 amide bonds. The van der Waals surface area contributed by atoms with Crippen molar-refractivity contribution < 1.29 is 0 Å². The van der Waals surface area contributed by atoms with Crippen molar-refractivity contribution in [2.45, 2.75) is 51.2 Å². The molecule has 1 heterocycles. The number of hydrogen-bond donors (Lipinski definition) is 1. The van der Waals surface area contributed by atoms with Crippen LogP contribution >= 0.6 is 0 Å². The molecule has 0 bridgehead atoms. The molecule has 0 aromatic heterocycles. The summed E-state index contributed by atoms with van der Waals surface area (Å²) in [5.41, 5.74) is -0.335. The minimum atomic E-state index is -0.335. The van der Waals surface area contributed by atoms with Gasteiger partial charge in [0.2, 0.25) is 0 Å². The maximum absolute atomic E-state index is 9.76. The largest absolute Gasteiger partial charge is 0.304 e. The Kier molecular flexibility index (Phi) is 4.50. The van der Waals surface area contributed by atoms with Crippen LogP contribution in [0.5, 0.6) is 0 Å². The van der Waals surface area contributed by atoms with Crippen molar-refractivity contribution >= 4 is 0 Å². The number of nitriles is 1. The first-order chi connectivity index (χ1) is 8.97. The lowest BCUT2D eigenvalue weighted by Crippen LogP contribution is -2.61. The van der Waals surface area contributed by atoms with Crippen LogP contribution in [-0.2, 0) is 0 Å². The fourth-order valence-electron chi connectivity index (χ4n) is 3.28. The summed E-state index contributed by atoms with van der Waals surface area (Å²) in [4.78, 5) is 4.87. The van der Waals surface area contributed by atoms with Gasteiger partial charge in [-0.15, -0.1) is 0 Å². The van der Waals surface area contributed by atoms with Crippen LogP contribution in [0.25, 0.3) is 0 Å². The standard InChI is InChI=1S/C15H28N4/c1-12(2)17-15(10-16,14-5-6-14)11-19-8-7-18(4)9-13(19)3/h12-14,17H,5-9,11H2,1-4H3. The highest BCUT2D eigenvalue weighted by Crippen LogP contribution is 2.40. The zero-order chi connectivity index (χ0) is 14.0. The number of hydrogen-bond acceptors (Lipinski definition) is 4. The lowest BCUT2D eigenvalue weighted by atomic mass is 9.92. The van der Waals surface area contributed by atoms with Crippen molar-refractivity contribution in [2.24, 2.45) is 5.92 Å². The molecule has 1 aliphatic carbocycles. The molecule has 1 saturated heterocycles. The molecule has 1 N–H and O–H groups in total. The molecule has 0 radical (unpaired) electrons. The number of likely N-dealkylation sites (N-methyl/N-ethyl adjacent to an activating group) is 1. The van der Waals surface area contributed by atoms with E-state index in [1.165, 1.54) is 12.8 Å². The Hall–Kier alpha value is -0.630. The minimum absolute atomic E-state index is 0.335. The molecule has 19 heavy (non-hydrogen) atoms. The van der Waals surface area contributed by atoms with E-state index >= 15 is 0 Å². The quantitative estimate of drug-likeness (QED) is 0.812. The molecule has 2 aliphatic rings. The first kappa shape index (κ1) is 14.8. The second-order valence-corrected chi connectivity index (χ2v) is 6.74. The third-order valence-electron chi connectivity index (χ3n) is 4.44. The summed E-state index contributed by atoms with van der Waals surface area (Å²) >= 11 is 0. The van der Waals surface area contributed by atoms with E-state index in [1.54, 1.807) is 0 Å². The molecule has 2 rings (SSSR count). The van der Waals surface area contributed by atoms with Crippen molar-refractivity contribution in [3.8, 4) is 6.07 Å². The molecule has 4 nitrogen and oxygen atoms in total. The lowest BCUT2D eigenvalue weighted by Gasteiger charge is -2.43. The molecule has 1 saturated carbocycles. The molecular formula is C15H28N4. The van der Waals surface area contributed by atoms with Gasteiger partial charge in [-0.25, -0.2) is 0 Å². The normalized spacial score (nSPS) is 29.2. The predicted octanol–water partition coefficient (Wildman–Crippen LogP) is 1.29. The molecule has 4 heteroatoms. The zero-order valence-corrected chi connectivity index (χ0v) is 12.8. The predicted molar refractivity (Wildman–Crippen MR) is 77.9 cm³/mol. The lowest BCUT2D eigenvalue weighted by molar-refractivity contribution is 0.0736. The van der Waals surface area contributed by atoms with E-state index in [0.29, 0.717) is 18.0 Å². The Morgan fingerprint density at radius 3 is 2.53 bits per heavy atom. The van der Waals surface area contributed by atoms with Crippen molar-refractivity contribution in [2.75, 3.05) is 33.2 Å². The first-order valence-electron chi connectivity index (χ1n) is 7.58. The summed E-state index contributed by atoms with van der Waals surface area (Å²) in [7, 11) is 2.18. The summed E-state index contributed by atoms with van der Waals surface area (Å²) in [6.07, 6.45) is 2.41. The van der Waals surface area contributed by atoms with Crippen LogP contribution in [0.1, 0.15) is 33.6 Å². The first-order valence-corrected chi connectivity index (χ1v) is 7.58. The van der Waals surface area contributed by atoms with Crippen LogP contribution < -0.4 is 5.32 Å². The molecule has 0 aromatic carbocycles. The highest BCUT2D eigenvalue weighted by atomic mass is 15.3. The van der Waals surface area contributed by atoms with Gasteiger partial charge >= 0.3 is 0 Å². The summed E-state index contributed by atoms with van der Waals surface area (Å²) in [6, 6.07) is 3.53. The van der Waals surface area contributed by atoms with E-state index in [4.69, 9.17) is 0 Å². The van der Waals surface area contributed by atoms with E-state index < -0.39 is 0 Å². The average molecular weight is 264 g/mol. The second kappa shape index (κ2) is 5.78. The van der Waals surface area contributed by atoms with Gasteiger partial charge in [-0.2, -0.15) is 5.26 Å². The van der Waals surface area contributed by atoms with Crippen LogP contribution in [0.3, 0.4) is 0 Å². The summed E-state index contributed by atoms with van der Waals surface area (Å²) in [6.45, 7) is 10.7. The van der Waals surface area contributed by atoms with E-state index in [2.05, 4.69) is 49.0 Å². The van der Waals surface area contributed by atoms with Crippen molar-refractivity contribution in [1.29, 1.82) is 5.26 Å². The third-order valence-corrected chi connectivity index (χ3v) is 4.44. The van der Waals surface area contributed by atoms with E-state index in [9.17, 15) is 5.26 Å². The van der Waals surface area contributed by atoms with Gasteiger partial charge < -0.3 is 4.90 Å². The van der Waals surface area contributed by atoms with Crippen LogP contribution in [0.4, 0.5) is 0 Å². The summed E-state index contributed by atoms with van der Waals surface area (Å²) in [5.74, 6) is 0.548. The van der Waals surface area contributed by atoms with Crippen LogP contribution in [0.15, 0.2) is 0 Å². The van der Waals surface area contributed by atoms with Crippen LogP contribution in [-0.4, -0.2) is 60.6 Å². The van der Waals surface area contributed by atoms with Crippen molar-refractivity contribution in [1.82, 2.24) is 15.1 Å². The third kappa shape index (κ3) is 3.47. The Labute approximate surface area is 117 Å². The SMILES string of the molecule is CC(C)NC(C#N)(CN1CCN(C)CC1C)C1CC1. The minimum Gasteiger partial charge on any atom is -0.304 e. The van der Waals surface area contributed by atoms with E-state index in [0.717, 1.165) is 26.2 Å². The Bertz CT molecular complexity index is 345.